The lowest BCUT2D eigenvalue weighted by atomic mass is 10.2. The summed E-state index contributed by atoms with van der Waals surface area (Å²) >= 11 is 0. The summed E-state index contributed by atoms with van der Waals surface area (Å²) < 4.78 is 54.1. The largest absolute Gasteiger partial charge is 0.376 e. The van der Waals surface area contributed by atoms with Crippen LogP contribution in [0.3, 0.4) is 0 Å². The van der Waals surface area contributed by atoms with Crippen LogP contribution >= 0.6 is 0 Å². The number of hydrogen-bond acceptors (Lipinski definition) is 6. The third-order valence-electron chi connectivity index (χ3n) is 6.31. The first-order valence-corrected chi connectivity index (χ1v) is 13.8. The van der Waals surface area contributed by atoms with Gasteiger partial charge in [0.2, 0.25) is 15.0 Å². The highest BCUT2D eigenvalue weighted by Crippen LogP contribution is 2.24. The zero-order chi connectivity index (χ0) is 24.8. The van der Waals surface area contributed by atoms with Crippen molar-refractivity contribution in [1.29, 1.82) is 0 Å². The number of imidazole rings is 1. The fourth-order valence-electron chi connectivity index (χ4n) is 4.55. The normalized spacial score (nSPS) is 20.3. The van der Waals surface area contributed by atoms with Crippen molar-refractivity contribution >= 4 is 15.9 Å². The summed E-state index contributed by atoms with van der Waals surface area (Å²) in [6.07, 6.45) is 4.80. The van der Waals surface area contributed by atoms with Gasteiger partial charge in [0, 0.05) is 31.9 Å². The molecule has 1 aromatic carbocycles. The van der Waals surface area contributed by atoms with Crippen molar-refractivity contribution in [1.82, 2.24) is 19.8 Å². The van der Waals surface area contributed by atoms with E-state index in [1.165, 1.54) is 24.4 Å². The number of carbonyl (C=O) groups is 1. The fraction of sp³-hybridized carbons (Fsp3) is 0.583. The maximum atomic E-state index is 14.2. The second kappa shape index (κ2) is 11.5. The van der Waals surface area contributed by atoms with E-state index in [-0.39, 0.29) is 35.5 Å². The Morgan fingerprint density at radius 3 is 2.57 bits per heavy atom. The number of nitrogens with one attached hydrogen (secondary N) is 1. The lowest BCUT2D eigenvalue weighted by Gasteiger charge is -2.26. The van der Waals surface area contributed by atoms with Crippen molar-refractivity contribution in [2.75, 3.05) is 26.3 Å². The van der Waals surface area contributed by atoms with E-state index >= 15 is 0 Å². The SMILES string of the molecule is CCNC(=O)N(Cc1cnc(S(=O)(=O)Cc2ccccc2F)n1CC1CCCO1)CC1CCCO1. The number of rotatable bonds is 10. The number of sulfone groups is 1. The number of carbonyl (C=O) groups excluding carboxylic acids is 1. The quantitative estimate of drug-likeness (QED) is 0.530. The maximum Gasteiger partial charge on any atom is 0.317 e. The molecule has 2 aliphatic heterocycles. The molecule has 0 bridgehead atoms. The van der Waals surface area contributed by atoms with Crippen molar-refractivity contribution in [3.05, 3.63) is 47.5 Å². The molecule has 11 heteroatoms. The van der Waals surface area contributed by atoms with Gasteiger partial charge in [-0.3, -0.25) is 0 Å². The number of halogens is 1. The van der Waals surface area contributed by atoms with Crippen LogP contribution in [0.4, 0.5) is 9.18 Å². The second-order valence-electron chi connectivity index (χ2n) is 8.98. The van der Waals surface area contributed by atoms with Crippen LogP contribution in [0.15, 0.2) is 35.6 Å². The Kier molecular flexibility index (Phi) is 8.40. The van der Waals surface area contributed by atoms with Crippen LogP contribution in [0.5, 0.6) is 0 Å². The molecule has 2 aliphatic rings. The Morgan fingerprint density at radius 1 is 1.20 bits per heavy atom. The molecular weight excluding hydrogens is 475 g/mol. The highest BCUT2D eigenvalue weighted by molar-refractivity contribution is 7.90. The van der Waals surface area contributed by atoms with Gasteiger partial charge in [0.25, 0.3) is 0 Å². The van der Waals surface area contributed by atoms with E-state index in [1.807, 2.05) is 6.92 Å². The molecular formula is C24H33FN4O5S. The molecule has 2 amide bonds. The molecule has 35 heavy (non-hydrogen) atoms. The van der Waals surface area contributed by atoms with Crippen LogP contribution in [-0.2, 0) is 38.2 Å². The zero-order valence-corrected chi connectivity index (χ0v) is 20.8. The summed E-state index contributed by atoms with van der Waals surface area (Å²) in [5.74, 6) is -1.08. The average molecular weight is 509 g/mol. The minimum absolute atomic E-state index is 0.0589. The van der Waals surface area contributed by atoms with E-state index in [4.69, 9.17) is 9.47 Å². The molecule has 4 rings (SSSR count). The van der Waals surface area contributed by atoms with Gasteiger partial charge in [-0.1, -0.05) is 18.2 Å². The number of hydrogen-bond donors (Lipinski definition) is 1. The lowest BCUT2D eigenvalue weighted by Crippen LogP contribution is -2.43. The molecule has 0 aliphatic carbocycles. The monoisotopic (exact) mass is 508 g/mol. The first-order chi connectivity index (χ1) is 16.9. The molecule has 0 saturated carbocycles. The summed E-state index contributed by atoms with van der Waals surface area (Å²) in [4.78, 5) is 18.7. The first-order valence-electron chi connectivity index (χ1n) is 12.1. The van der Waals surface area contributed by atoms with Crippen molar-refractivity contribution < 1.29 is 27.1 Å². The maximum absolute atomic E-state index is 14.2. The van der Waals surface area contributed by atoms with Crippen molar-refractivity contribution in [3.63, 3.8) is 0 Å². The Labute approximate surface area is 205 Å². The number of nitrogens with zero attached hydrogens (tertiary/aromatic N) is 3. The summed E-state index contributed by atoms with van der Waals surface area (Å²) in [5.41, 5.74) is 0.667. The summed E-state index contributed by atoms with van der Waals surface area (Å²) in [6, 6.07) is 5.58. The topological polar surface area (TPSA) is 103 Å². The van der Waals surface area contributed by atoms with Gasteiger partial charge < -0.3 is 24.3 Å². The molecule has 2 aromatic rings. The van der Waals surface area contributed by atoms with Crippen molar-refractivity contribution in [2.24, 2.45) is 0 Å². The Bertz CT molecular complexity index is 1110. The van der Waals surface area contributed by atoms with Gasteiger partial charge in [0.05, 0.1) is 42.9 Å². The minimum atomic E-state index is -3.96. The smallest absolute Gasteiger partial charge is 0.317 e. The molecule has 1 N–H and O–H groups in total. The lowest BCUT2D eigenvalue weighted by molar-refractivity contribution is 0.0772. The van der Waals surface area contributed by atoms with Crippen molar-refractivity contribution in [3.8, 4) is 0 Å². The number of amides is 2. The van der Waals surface area contributed by atoms with Gasteiger partial charge in [-0.05, 0) is 38.7 Å². The summed E-state index contributed by atoms with van der Waals surface area (Å²) in [6.45, 7) is 4.47. The highest BCUT2D eigenvalue weighted by atomic mass is 32.2. The van der Waals surface area contributed by atoms with Crippen LogP contribution in [0.2, 0.25) is 0 Å². The van der Waals surface area contributed by atoms with E-state index in [1.54, 1.807) is 15.5 Å². The summed E-state index contributed by atoms with van der Waals surface area (Å²) in [7, 11) is -3.96. The third-order valence-corrected chi connectivity index (χ3v) is 7.88. The molecule has 0 radical (unpaired) electrons. The third kappa shape index (κ3) is 6.39. The van der Waals surface area contributed by atoms with E-state index in [9.17, 15) is 17.6 Å². The molecule has 2 saturated heterocycles. The van der Waals surface area contributed by atoms with Gasteiger partial charge in [0.15, 0.2) is 0 Å². The molecule has 3 heterocycles. The average Bonchev–Trinajstić information content (AvgIpc) is 3.59. The molecule has 192 valence electrons. The Morgan fingerprint density at radius 2 is 1.91 bits per heavy atom. The molecule has 1 aromatic heterocycles. The van der Waals surface area contributed by atoms with Crippen LogP contribution in [0, 0.1) is 5.82 Å². The second-order valence-corrected chi connectivity index (χ2v) is 10.9. The molecule has 2 fully saturated rings. The van der Waals surface area contributed by atoms with Crippen LogP contribution in [0.1, 0.15) is 43.9 Å². The molecule has 2 unspecified atom stereocenters. The predicted molar refractivity (Wildman–Crippen MR) is 127 cm³/mol. The summed E-state index contributed by atoms with van der Waals surface area (Å²) in [5, 5.41) is 2.69. The number of aromatic nitrogens is 2. The first kappa shape index (κ1) is 25.6. The van der Waals surface area contributed by atoms with Crippen LogP contribution in [-0.4, -0.2) is 67.4 Å². The van der Waals surface area contributed by atoms with Crippen molar-refractivity contribution in [2.45, 2.75) is 68.8 Å². The van der Waals surface area contributed by atoms with E-state index < -0.39 is 21.4 Å². The van der Waals surface area contributed by atoms with Crippen LogP contribution in [0.25, 0.3) is 0 Å². The van der Waals surface area contributed by atoms with E-state index in [0.717, 1.165) is 25.7 Å². The van der Waals surface area contributed by atoms with E-state index in [2.05, 4.69) is 10.3 Å². The van der Waals surface area contributed by atoms with E-state index in [0.29, 0.717) is 38.5 Å². The van der Waals surface area contributed by atoms with Gasteiger partial charge in [-0.25, -0.2) is 22.6 Å². The Hall–Kier alpha value is -2.50. The fourth-order valence-corrected chi connectivity index (χ4v) is 6.06. The van der Waals surface area contributed by atoms with Gasteiger partial charge in [-0.2, -0.15) is 0 Å². The molecule has 0 spiro atoms. The molecule has 9 nitrogen and oxygen atoms in total. The van der Waals surface area contributed by atoms with Gasteiger partial charge in [-0.15, -0.1) is 0 Å². The number of benzene rings is 1. The molecule has 2 atom stereocenters. The minimum Gasteiger partial charge on any atom is -0.376 e. The Balaban J connectivity index is 1.64. The number of ether oxygens (including phenoxy) is 2. The van der Waals surface area contributed by atoms with Gasteiger partial charge in [0.1, 0.15) is 5.82 Å². The number of urea groups is 1. The zero-order valence-electron chi connectivity index (χ0n) is 20.0. The van der Waals surface area contributed by atoms with Gasteiger partial charge >= 0.3 is 6.03 Å². The standard InChI is InChI=1S/C24H33FN4O5S/c1-2-26-23(30)28(15-20-8-5-11-33-20)14-19-13-27-24(29(19)16-21-9-6-12-34-21)35(31,32)17-18-7-3-4-10-22(18)25/h3-4,7,10,13,20-21H,2,5-6,8-9,11-12,14-17H2,1H3,(H,26,30). The highest BCUT2D eigenvalue weighted by Gasteiger charge is 2.30. The van der Waals surface area contributed by atoms with Crippen LogP contribution < -0.4 is 5.32 Å². The predicted octanol–water partition coefficient (Wildman–Crippen LogP) is 2.89.